The topological polar surface area (TPSA) is 57.7 Å². The average Bonchev–Trinajstić information content (AvgIpc) is 2.54. The van der Waals surface area contributed by atoms with Crippen LogP contribution in [0, 0.1) is 6.92 Å². The van der Waals surface area contributed by atoms with Crippen molar-refractivity contribution in [3.05, 3.63) is 41.6 Å². The minimum atomic E-state index is -0.405. The van der Waals surface area contributed by atoms with Crippen molar-refractivity contribution >= 4 is 5.97 Å². The van der Waals surface area contributed by atoms with E-state index in [-0.39, 0.29) is 0 Å². The number of carbonyl (C=O) groups is 1. The number of methoxy groups -OCH3 is 2. The number of hydrogen-bond donors (Lipinski definition) is 0. The number of hydrogen-bond acceptors (Lipinski definition) is 5. The quantitative estimate of drug-likeness (QED) is 0.793. The van der Waals surface area contributed by atoms with Gasteiger partial charge in [0.05, 0.1) is 38.3 Å². The highest BCUT2D eigenvalue weighted by Crippen LogP contribution is 2.30. The van der Waals surface area contributed by atoms with Crippen LogP contribution in [-0.4, -0.2) is 31.8 Å². The van der Waals surface area contributed by atoms with Gasteiger partial charge in [0.15, 0.2) is 0 Å². The Hall–Kier alpha value is -2.56. The molecule has 0 aliphatic carbocycles. The van der Waals surface area contributed by atoms with E-state index in [0.717, 1.165) is 11.3 Å². The molecule has 1 aromatic heterocycles. The molecule has 0 amide bonds. The Morgan fingerprint density at radius 3 is 2.36 bits per heavy atom. The van der Waals surface area contributed by atoms with E-state index in [1.807, 2.05) is 31.2 Å². The van der Waals surface area contributed by atoms with Crippen LogP contribution in [0.25, 0.3) is 11.3 Å². The molecule has 0 saturated heterocycles. The third kappa shape index (κ3) is 3.03. The zero-order valence-electron chi connectivity index (χ0n) is 13.2. The molecule has 2 aromatic rings. The number of benzene rings is 1. The summed E-state index contributed by atoms with van der Waals surface area (Å²) in [6, 6.07) is 7.36. The maximum Gasteiger partial charge on any atom is 0.340 e. The first-order chi connectivity index (χ1) is 10.6. The normalized spacial score (nSPS) is 10.2. The molecule has 0 aliphatic rings. The Labute approximate surface area is 129 Å². The Bertz CT molecular complexity index is 665. The number of rotatable bonds is 5. The first kappa shape index (κ1) is 15.8. The minimum Gasteiger partial charge on any atom is -0.497 e. The summed E-state index contributed by atoms with van der Waals surface area (Å²) in [7, 11) is 3.15. The Morgan fingerprint density at radius 2 is 1.82 bits per heavy atom. The first-order valence-corrected chi connectivity index (χ1v) is 6.97. The van der Waals surface area contributed by atoms with Gasteiger partial charge < -0.3 is 14.2 Å². The fraction of sp³-hybridized carbons (Fsp3) is 0.294. The van der Waals surface area contributed by atoms with Gasteiger partial charge in [0.2, 0.25) is 0 Å². The summed E-state index contributed by atoms with van der Waals surface area (Å²) in [5.41, 5.74) is 2.52. The van der Waals surface area contributed by atoms with Crippen molar-refractivity contribution in [2.24, 2.45) is 0 Å². The van der Waals surface area contributed by atoms with Gasteiger partial charge in [0, 0.05) is 11.1 Å². The van der Waals surface area contributed by atoms with E-state index >= 15 is 0 Å². The molecule has 5 heteroatoms. The monoisotopic (exact) mass is 301 g/mol. The van der Waals surface area contributed by atoms with Gasteiger partial charge in [-0.1, -0.05) is 0 Å². The summed E-state index contributed by atoms with van der Waals surface area (Å²) in [6.45, 7) is 3.89. The predicted octanol–water partition coefficient (Wildman–Crippen LogP) is 3.25. The smallest absolute Gasteiger partial charge is 0.340 e. The van der Waals surface area contributed by atoms with Crippen LogP contribution in [0.3, 0.4) is 0 Å². The zero-order valence-corrected chi connectivity index (χ0v) is 13.2. The maximum absolute atomic E-state index is 12.3. The summed E-state index contributed by atoms with van der Waals surface area (Å²) in [5.74, 6) is 0.893. The van der Waals surface area contributed by atoms with Crippen LogP contribution in [0.1, 0.15) is 22.8 Å². The van der Waals surface area contributed by atoms with Crippen molar-refractivity contribution in [3.8, 4) is 22.8 Å². The van der Waals surface area contributed by atoms with Crippen LogP contribution in [0.2, 0.25) is 0 Å². The molecular weight excluding hydrogens is 282 g/mol. The summed E-state index contributed by atoms with van der Waals surface area (Å²) in [4.78, 5) is 16.7. The molecule has 5 nitrogen and oxygen atoms in total. The number of nitrogens with zero attached hydrogens (tertiary/aromatic N) is 1. The number of aromatic nitrogens is 1. The molecule has 116 valence electrons. The van der Waals surface area contributed by atoms with Crippen LogP contribution in [0.4, 0.5) is 0 Å². The maximum atomic E-state index is 12.3. The molecule has 0 N–H and O–H groups in total. The van der Waals surface area contributed by atoms with E-state index in [1.54, 1.807) is 27.3 Å². The van der Waals surface area contributed by atoms with Crippen LogP contribution in [0.5, 0.6) is 11.5 Å². The Morgan fingerprint density at radius 1 is 1.14 bits per heavy atom. The standard InChI is InChI=1S/C17H19NO4/c1-5-22-17(19)15-11(2)14(21-4)10-18-16(15)12-6-8-13(20-3)9-7-12/h6-10H,5H2,1-4H3. The summed E-state index contributed by atoms with van der Waals surface area (Å²) in [6.07, 6.45) is 1.61. The molecule has 0 atom stereocenters. The number of pyridine rings is 1. The Balaban J connectivity index is 2.58. The first-order valence-electron chi connectivity index (χ1n) is 6.97. The highest BCUT2D eigenvalue weighted by molar-refractivity contribution is 5.98. The number of esters is 1. The molecule has 1 aromatic carbocycles. The molecule has 22 heavy (non-hydrogen) atoms. The second kappa shape index (κ2) is 6.93. The second-order valence-electron chi connectivity index (χ2n) is 4.62. The molecule has 0 fully saturated rings. The van der Waals surface area contributed by atoms with Crippen molar-refractivity contribution in [2.45, 2.75) is 13.8 Å². The van der Waals surface area contributed by atoms with Crippen molar-refractivity contribution in [1.82, 2.24) is 4.98 Å². The lowest BCUT2D eigenvalue weighted by atomic mass is 10.0. The lowest BCUT2D eigenvalue weighted by molar-refractivity contribution is 0.0525. The zero-order chi connectivity index (χ0) is 16.1. The van der Waals surface area contributed by atoms with Gasteiger partial charge >= 0.3 is 5.97 Å². The summed E-state index contributed by atoms with van der Waals surface area (Å²) < 4.78 is 15.6. The number of carbonyl (C=O) groups excluding carboxylic acids is 1. The van der Waals surface area contributed by atoms with E-state index in [4.69, 9.17) is 14.2 Å². The molecule has 0 bridgehead atoms. The van der Waals surface area contributed by atoms with E-state index in [2.05, 4.69) is 4.98 Å². The SMILES string of the molecule is CCOC(=O)c1c(-c2ccc(OC)cc2)ncc(OC)c1C. The molecule has 2 rings (SSSR count). The fourth-order valence-corrected chi connectivity index (χ4v) is 2.21. The molecular formula is C17H19NO4. The third-order valence-electron chi connectivity index (χ3n) is 3.36. The predicted molar refractivity (Wildman–Crippen MR) is 83.5 cm³/mol. The highest BCUT2D eigenvalue weighted by atomic mass is 16.5. The van der Waals surface area contributed by atoms with Crippen molar-refractivity contribution in [2.75, 3.05) is 20.8 Å². The van der Waals surface area contributed by atoms with Gasteiger partial charge in [0.1, 0.15) is 11.5 Å². The van der Waals surface area contributed by atoms with Gasteiger partial charge in [-0.05, 0) is 38.1 Å². The van der Waals surface area contributed by atoms with Crippen molar-refractivity contribution in [3.63, 3.8) is 0 Å². The molecule has 0 aliphatic heterocycles. The van der Waals surface area contributed by atoms with Crippen LogP contribution in [-0.2, 0) is 4.74 Å². The molecule has 0 radical (unpaired) electrons. The van der Waals surface area contributed by atoms with E-state index in [0.29, 0.717) is 29.2 Å². The van der Waals surface area contributed by atoms with Crippen molar-refractivity contribution < 1.29 is 19.0 Å². The molecule has 0 saturated carbocycles. The average molecular weight is 301 g/mol. The van der Waals surface area contributed by atoms with Crippen LogP contribution in [0.15, 0.2) is 30.5 Å². The lowest BCUT2D eigenvalue weighted by Crippen LogP contribution is -2.11. The summed E-state index contributed by atoms with van der Waals surface area (Å²) in [5, 5.41) is 0. The van der Waals surface area contributed by atoms with Gasteiger partial charge in [-0.15, -0.1) is 0 Å². The second-order valence-corrected chi connectivity index (χ2v) is 4.62. The highest BCUT2D eigenvalue weighted by Gasteiger charge is 2.21. The fourth-order valence-electron chi connectivity index (χ4n) is 2.21. The third-order valence-corrected chi connectivity index (χ3v) is 3.36. The minimum absolute atomic E-state index is 0.303. The van der Waals surface area contributed by atoms with Gasteiger partial charge in [-0.2, -0.15) is 0 Å². The molecule has 0 unspecified atom stereocenters. The van der Waals surface area contributed by atoms with Crippen LogP contribution < -0.4 is 9.47 Å². The molecule has 0 spiro atoms. The largest absolute Gasteiger partial charge is 0.497 e. The van der Waals surface area contributed by atoms with E-state index < -0.39 is 5.97 Å². The van der Waals surface area contributed by atoms with E-state index in [1.165, 1.54) is 0 Å². The lowest BCUT2D eigenvalue weighted by Gasteiger charge is -2.14. The van der Waals surface area contributed by atoms with Gasteiger partial charge in [-0.25, -0.2) is 4.79 Å². The number of ether oxygens (including phenoxy) is 3. The Kier molecular flexibility index (Phi) is 4.99. The molecule has 1 heterocycles. The van der Waals surface area contributed by atoms with E-state index in [9.17, 15) is 4.79 Å². The van der Waals surface area contributed by atoms with Gasteiger partial charge in [-0.3, -0.25) is 4.98 Å². The van der Waals surface area contributed by atoms with Gasteiger partial charge in [0.25, 0.3) is 0 Å². The summed E-state index contributed by atoms with van der Waals surface area (Å²) >= 11 is 0. The van der Waals surface area contributed by atoms with Crippen molar-refractivity contribution in [1.29, 1.82) is 0 Å². The van der Waals surface area contributed by atoms with Crippen LogP contribution >= 0.6 is 0 Å².